The first-order chi connectivity index (χ1) is 8.66. The molecule has 2 heterocycles. The predicted molar refractivity (Wildman–Crippen MR) is 69.4 cm³/mol. The molecular formula is C13H17NO3S. The first kappa shape index (κ1) is 12.0. The van der Waals surface area contributed by atoms with E-state index in [2.05, 4.69) is 0 Å². The smallest absolute Gasteiger partial charge is 0.162 e. The van der Waals surface area contributed by atoms with E-state index in [-0.39, 0.29) is 12.0 Å². The summed E-state index contributed by atoms with van der Waals surface area (Å²) in [5, 5.41) is 0. The Kier molecular flexibility index (Phi) is 3.03. The van der Waals surface area contributed by atoms with Crippen LogP contribution in [0.1, 0.15) is 24.9 Å². The second-order valence-electron chi connectivity index (χ2n) is 4.90. The van der Waals surface area contributed by atoms with E-state index in [1.165, 1.54) is 0 Å². The lowest BCUT2D eigenvalue weighted by Crippen LogP contribution is -2.29. The fourth-order valence-electron chi connectivity index (χ4n) is 2.40. The summed E-state index contributed by atoms with van der Waals surface area (Å²) in [6.45, 7) is 3.33. The summed E-state index contributed by atoms with van der Waals surface area (Å²) in [6.07, 6.45) is 0.866. The fourth-order valence-corrected chi connectivity index (χ4v) is 3.96. The van der Waals surface area contributed by atoms with Gasteiger partial charge in [-0.25, -0.2) is 0 Å². The molecule has 2 N–H and O–H groups in total. The van der Waals surface area contributed by atoms with Gasteiger partial charge in [-0.3, -0.25) is 4.21 Å². The van der Waals surface area contributed by atoms with Crippen molar-refractivity contribution in [2.24, 2.45) is 11.7 Å². The maximum Gasteiger partial charge on any atom is 0.162 e. The van der Waals surface area contributed by atoms with Gasteiger partial charge in [-0.15, -0.1) is 0 Å². The molecule has 0 fully saturated rings. The molecule has 3 unspecified atom stereocenters. The first-order valence-corrected chi connectivity index (χ1v) is 7.56. The molecular weight excluding hydrogens is 250 g/mol. The van der Waals surface area contributed by atoms with Crippen LogP contribution in [0.15, 0.2) is 17.0 Å². The van der Waals surface area contributed by atoms with Gasteiger partial charge in [0, 0.05) is 29.2 Å². The largest absolute Gasteiger partial charge is 0.490 e. The Morgan fingerprint density at radius 1 is 1.28 bits per heavy atom. The van der Waals surface area contributed by atoms with Gasteiger partial charge in [0.1, 0.15) is 0 Å². The predicted octanol–water partition coefficient (Wildman–Crippen LogP) is 1.60. The van der Waals surface area contributed by atoms with Crippen LogP contribution in [0.4, 0.5) is 0 Å². The number of rotatable bonds is 0. The minimum Gasteiger partial charge on any atom is -0.490 e. The van der Waals surface area contributed by atoms with Crippen molar-refractivity contribution in [1.29, 1.82) is 0 Å². The molecule has 0 bridgehead atoms. The summed E-state index contributed by atoms with van der Waals surface area (Å²) in [5.74, 6) is 2.27. The van der Waals surface area contributed by atoms with Gasteiger partial charge in [0.2, 0.25) is 0 Å². The molecule has 98 valence electrons. The molecule has 0 aromatic heterocycles. The van der Waals surface area contributed by atoms with Gasteiger partial charge < -0.3 is 15.2 Å². The highest BCUT2D eigenvalue weighted by Crippen LogP contribution is 2.40. The van der Waals surface area contributed by atoms with E-state index in [9.17, 15) is 4.21 Å². The van der Waals surface area contributed by atoms with Crippen LogP contribution in [-0.4, -0.2) is 23.2 Å². The average molecular weight is 267 g/mol. The minimum atomic E-state index is -0.985. The number of ether oxygens (including phenoxy) is 2. The molecule has 4 nitrogen and oxygen atoms in total. The summed E-state index contributed by atoms with van der Waals surface area (Å²) in [6, 6.07) is 3.68. The summed E-state index contributed by atoms with van der Waals surface area (Å²) < 4.78 is 23.5. The highest BCUT2D eigenvalue weighted by molar-refractivity contribution is 7.85. The molecule has 0 aliphatic carbocycles. The van der Waals surface area contributed by atoms with Gasteiger partial charge in [-0.2, -0.15) is 0 Å². The van der Waals surface area contributed by atoms with Crippen LogP contribution in [0.2, 0.25) is 0 Å². The van der Waals surface area contributed by atoms with Crippen LogP contribution in [0.3, 0.4) is 0 Å². The van der Waals surface area contributed by atoms with E-state index in [0.717, 1.165) is 22.6 Å². The van der Waals surface area contributed by atoms with E-state index in [0.29, 0.717) is 24.7 Å². The van der Waals surface area contributed by atoms with Crippen LogP contribution in [0, 0.1) is 5.92 Å². The van der Waals surface area contributed by atoms with Crippen molar-refractivity contribution >= 4 is 10.8 Å². The Morgan fingerprint density at radius 3 is 2.67 bits per heavy atom. The van der Waals surface area contributed by atoms with Crippen molar-refractivity contribution < 1.29 is 13.7 Å². The zero-order chi connectivity index (χ0) is 12.7. The number of hydrogen-bond donors (Lipinski definition) is 1. The number of nitrogens with two attached hydrogens (primary N) is 1. The zero-order valence-corrected chi connectivity index (χ0v) is 11.2. The number of hydrogen-bond acceptors (Lipinski definition) is 4. The fraction of sp³-hybridized carbons (Fsp3) is 0.538. The third kappa shape index (κ3) is 1.91. The molecule has 3 rings (SSSR count). The lowest BCUT2D eigenvalue weighted by atomic mass is 9.96. The SMILES string of the molecule is CC1CS(=O)c2cc3c(cc2C1N)OCCCO3. The van der Waals surface area contributed by atoms with E-state index < -0.39 is 10.8 Å². The number of fused-ring (bicyclic) bond motifs is 2. The normalized spacial score (nSPS) is 30.4. The van der Waals surface area contributed by atoms with Crippen molar-refractivity contribution in [2.75, 3.05) is 19.0 Å². The van der Waals surface area contributed by atoms with Gasteiger partial charge in [0.05, 0.1) is 24.0 Å². The maximum atomic E-state index is 12.2. The van der Waals surface area contributed by atoms with Crippen LogP contribution >= 0.6 is 0 Å². The number of benzene rings is 1. The lowest BCUT2D eigenvalue weighted by molar-refractivity contribution is 0.296. The van der Waals surface area contributed by atoms with E-state index >= 15 is 0 Å². The van der Waals surface area contributed by atoms with Crippen LogP contribution in [-0.2, 0) is 10.8 Å². The van der Waals surface area contributed by atoms with Gasteiger partial charge in [0.15, 0.2) is 11.5 Å². The highest BCUT2D eigenvalue weighted by atomic mass is 32.2. The Morgan fingerprint density at radius 2 is 1.94 bits per heavy atom. The van der Waals surface area contributed by atoms with E-state index in [4.69, 9.17) is 15.2 Å². The molecule has 0 amide bonds. The highest BCUT2D eigenvalue weighted by Gasteiger charge is 2.30. The molecule has 0 saturated carbocycles. The summed E-state index contributed by atoms with van der Waals surface area (Å²) >= 11 is 0. The van der Waals surface area contributed by atoms with Crippen molar-refractivity contribution in [3.63, 3.8) is 0 Å². The molecule has 3 atom stereocenters. The van der Waals surface area contributed by atoms with Crippen molar-refractivity contribution in [1.82, 2.24) is 0 Å². The summed E-state index contributed by atoms with van der Waals surface area (Å²) in [5.41, 5.74) is 7.13. The molecule has 2 aliphatic rings. The molecule has 18 heavy (non-hydrogen) atoms. The topological polar surface area (TPSA) is 61.6 Å². The van der Waals surface area contributed by atoms with Crippen LogP contribution in [0.5, 0.6) is 11.5 Å². The Balaban J connectivity index is 2.11. The van der Waals surface area contributed by atoms with E-state index in [1.54, 1.807) is 0 Å². The Hall–Kier alpha value is -1.07. The van der Waals surface area contributed by atoms with Gasteiger partial charge >= 0.3 is 0 Å². The first-order valence-electron chi connectivity index (χ1n) is 6.24. The molecule has 5 heteroatoms. The molecule has 1 aromatic carbocycles. The standard InChI is InChI=1S/C13H17NO3S/c1-8-7-18(15)12-6-11-10(5-9(12)13(8)14)16-3-2-4-17-11/h5-6,8,13H,2-4,7,14H2,1H3. The molecule has 0 saturated heterocycles. The third-order valence-electron chi connectivity index (χ3n) is 3.51. The summed E-state index contributed by atoms with van der Waals surface area (Å²) in [4.78, 5) is 0.810. The molecule has 0 radical (unpaired) electrons. The Bertz CT molecular complexity index is 503. The quantitative estimate of drug-likeness (QED) is 0.775. The van der Waals surface area contributed by atoms with Crippen molar-refractivity contribution in [3.05, 3.63) is 17.7 Å². The van der Waals surface area contributed by atoms with Crippen LogP contribution in [0.25, 0.3) is 0 Å². The molecule has 2 aliphatic heterocycles. The van der Waals surface area contributed by atoms with Gasteiger partial charge in [0.25, 0.3) is 0 Å². The van der Waals surface area contributed by atoms with Crippen molar-refractivity contribution in [3.8, 4) is 11.5 Å². The van der Waals surface area contributed by atoms with Gasteiger partial charge in [-0.1, -0.05) is 6.92 Å². The zero-order valence-electron chi connectivity index (χ0n) is 10.3. The second kappa shape index (κ2) is 4.55. The molecule has 1 aromatic rings. The maximum absolute atomic E-state index is 12.2. The van der Waals surface area contributed by atoms with E-state index in [1.807, 2.05) is 19.1 Å². The van der Waals surface area contributed by atoms with Crippen molar-refractivity contribution in [2.45, 2.75) is 24.3 Å². The second-order valence-corrected chi connectivity index (χ2v) is 6.37. The Labute approximate surface area is 109 Å². The monoisotopic (exact) mass is 267 g/mol. The van der Waals surface area contributed by atoms with Gasteiger partial charge in [-0.05, 0) is 17.5 Å². The summed E-state index contributed by atoms with van der Waals surface area (Å²) in [7, 11) is -0.985. The molecule has 0 spiro atoms. The minimum absolute atomic E-state index is 0.0742. The third-order valence-corrected chi connectivity index (χ3v) is 5.18. The van der Waals surface area contributed by atoms with Crippen LogP contribution < -0.4 is 15.2 Å². The lowest BCUT2D eigenvalue weighted by Gasteiger charge is -2.28. The average Bonchev–Trinajstić information content (AvgIpc) is 2.59.